The van der Waals surface area contributed by atoms with Gasteiger partial charge in [0, 0.05) is 23.9 Å². The smallest absolute Gasteiger partial charge is 0.216 e. The number of aromatic nitrogens is 3. The van der Waals surface area contributed by atoms with Crippen LogP contribution in [-0.2, 0) is 6.42 Å². The largest absolute Gasteiger partial charge is 0.481 e. The van der Waals surface area contributed by atoms with Crippen molar-refractivity contribution in [3.8, 4) is 17.3 Å². The van der Waals surface area contributed by atoms with Crippen molar-refractivity contribution in [1.82, 2.24) is 15.0 Å². The Morgan fingerprint density at radius 3 is 2.67 bits per heavy atom. The molecule has 6 heteroatoms. The van der Waals surface area contributed by atoms with Gasteiger partial charge in [-0.25, -0.2) is 9.97 Å². The van der Waals surface area contributed by atoms with Gasteiger partial charge in [-0.1, -0.05) is 0 Å². The van der Waals surface area contributed by atoms with Crippen molar-refractivity contribution in [2.24, 2.45) is 5.73 Å². The molecule has 1 unspecified atom stereocenters. The lowest BCUT2D eigenvalue weighted by atomic mass is 10.2. The van der Waals surface area contributed by atoms with E-state index in [2.05, 4.69) is 15.0 Å². The third-order valence-corrected chi connectivity index (χ3v) is 3.12. The number of methoxy groups -OCH3 is 1. The summed E-state index contributed by atoms with van der Waals surface area (Å²) in [6, 6.07) is 1.81. The third kappa shape index (κ3) is 3.02. The van der Waals surface area contributed by atoms with E-state index in [-0.39, 0.29) is 6.04 Å². The molecule has 96 valence electrons. The SMILES string of the molecule is COc1cc(-c2csc(C)n2)nc(CC(C)N)n1. The van der Waals surface area contributed by atoms with Crippen molar-refractivity contribution < 1.29 is 4.74 Å². The highest BCUT2D eigenvalue weighted by molar-refractivity contribution is 7.09. The van der Waals surface area contributed by atoms with Crippen LogP contribution in [0.3, 0.4) is 0 Å². The van der Waals surface area contributed by atoms with Gasteiger partial charge < -0.3 is 10.5 Å². The third-order valence-electron chi connectivity index (χ3n) is 2.34. The Kier molecular flexibility index (Phi) is 3.88. The first kappa shape index (κ1) is 12.9. The highest BCUT2D eigenvalue weighted by Gasteiger charge is 2.10. The van der Waals surface area contributed by atoms with Gasteiger partial charge in [0.15, 0.2) is 0 Å². The van der Waals surface area contributed by atoms with Gasteiger partial charge in [-0.15, -0.1) is 11.3 Å². The number of ether oxygens (including phenoxy) is 1. The summed E-state index contributed by atoms with van der Waals surface area (Å²) >= 11 is 1.60. The number of nitrogens with zero attached hydrogens (tertiary/aromatic N) is 3. The van der Waals surface area contributed by atoms with E-state index in [1.807, 2.05) is 19.2 Å². The normalized spacial score (nSPS) is 12.4. The Morgan fingerprint density at radius 2 is 2.11 bits per heavy atom. The molecule has 2 rings (SSSR count). The maximum absolute atomic E-state index is 5.77. The molecule has 0 spiro atoms. The highest BCUT2D eigenvalue weighted by atomic mass is 32.1. The molecule has 0 aliphatic carbocycles. The van der Waals surface area contributed by atoms with Gasteiger partial charge >= 0.3 is 0 Å². The van der Waals surface area contributed by atoms with E-state index in [9.17, 15) is 0 Å². The number of nitrogens with two attached hydrogens (primary N) is 1. The molecule has 0 saturated carbocycles. The standard InChI is InChI=1S/C12H16N4OS/c1-7(13)4-11-15-9(5-12(16-11)17-3)10-6-18-8(2)14-10/h5-7H,4,13H2,1-3H3. The molecule has 2 N–H and O–H groups in total. The van der Waals surface area contributed by atoms with Gasteiger partial charge in [0.05, 0.1) is 17.8 Å². The molecule has 0 saturated heterocycles. The monoisotopic (exact) mass is 264 g/mol. The minimum Gasteiger partial charge on any atom is -0.481 e. The summed E-state index contributed by atoms with van der Waals surface area (Å²) < 4.78 is 5.19. The number of rotatable bonds is 4. The molecule has 0 aliphatic rings. The minimum atomic E-state index is 0.0159. The van der Waals surface area contributed by atoms with Crippen molar-refractivity contribution in [3.05, 3.63) is 22.3 Å². The van der Waals surface area contributed by atoms with E-state index >= 15 is 0 Å². The van der Waals surface area contributed by atoms with Crippen LogP contribution in [0, 0.1) is 6.92 Å². The molecular weight excluding hydrogens is 248 g/mol. The van der Waals surface area contributed by atoms with Crippen molar-refractivity contribution in [2.45, 2.75) is 26.3 Å². The van der Waals surface area contributed by atoms with Gasteiger partial charge in [0.25, 0.3) is 0 Å². The second-order valence-corrected chi connectivity index (χ2v) is 5.21. The molecule has 2 aromatic rings. The fraction of sp³-hybridized carbons (Fsp3) is 0.417. The first-order chi connectivity index (χ1) is 8.58. The summed E-state index contributed by atoms with van der Waals surface area (Å²) in [6.45, 7) is 3.89. The summed E-state index contributed by atoms with van der Waals surface area (Å²) in [4.78, 5) is 13.2. The molecule has 2 aromatic heterocycles. The lowest BCUT2D eigenvalue weighted by molar-refractivity contribution is 0.394. The van der Waals surface area contributed by atoms with Crippen LogP contribution in [0.5, 0.6) is 5.88 Å². The molecule has 0 aliphatic heterocycles. The van der Waals surface area contributed by atoms with Crippen LogP contribution in [0.4, 0.5) is 0 Å². The first-order valence-corrected chi connectivity index (χ1v) is 6.56. The van der Waals surface area contributed by atoms with Crippen molar-refractivity contribution in [2.75, 3.05) is 7.11 Å². The van der Waals surface area contributed by atoms with Crippen LogP contribution in [0.2, 0.25) is 0 Å². The molecule has 0 fully saturated rings. The number of thiazole rings is 1. The molecule has 2 heterocycles. The van der Waals surface area contributed by atoms with E-state index < -0.39 is 0 Å². The number of hydrogen-bond acceptors (Lipinski definition) is 6. The average molecular weight is 264 g/mol. The van der Waals surface area contributed by atoms with E-state index in [4.69, 9.17) is 10.5 Å². The quantitative estimate of drug-likeness (QED) is 0.911. The van der Waals surface area contributed by atoms with E-state index in [0.717, 1.165) is 16.4 Å². The molecule has 0 radical (unpaired) electrons. The van der Waals surface area contributed by atoms with E-state index in [1.165, 1.54) is 0 Å². The number of aryl methyl sites for hydroxylation is 1. The molecule has 5 nitrogen and oxygen atoms in total. The van der Waals surface area contributed by atoms with E-state index in [0.29, 0.717) is 18.1 Å². The van der Waals surface area contributed by atoms with Crippen molar-refractivity contribution in [1.29, 1.82) is 0 Å². The Hall–Kier alpha value is -1.53. The molecular formula is C12H16N4OS. The van der Waals surface area contributed by atoms with Gasteiger partial charge in [-0.3, -0.25) is 0 Å². The zero-order valence-corrected chi connectivity index (χ0v) is 11.5. The Labute approximate surface area is 110 Å². The molecule has 1 atom stereocenters. The van der Waals surface area contributed by atoms with Crippen molar-refractivity contribution >= 4 is 11.3 Å². The van der Waals surface area contributed by atoms with Gasteiger partial charge in [-0.05, 0) is 13.8 Å². The maximum Gasteiger partial charge on any atom is 0.216 e. The van der Waals surface area contributed by atoms with E-state index in [1.54, 1.807) is 24.5 Å². The average Bonchev–Trinajstić information content (AvgIpc) is 2.74. The molecule has 0 bridgehead atoms. The fourth-order valence-electron chi connectivity index (χ4n) is 1.57. The lowest BCUT2D eigenvalue weighted by Crippen LogP contribution is -2.19. The van der Waals surface area contributed by atoms with Crippen LogP contribution >= 0.6 is 11.3 Å². The topological polar surface area (TPSA) is 73.9 Å². The van der Waals surface area contributed by atoms with Crippen LogP contribution in [-0.4, -0.2) is 28.1 Å². The summed E-state index contributed by atoms with van der Waals surface area (Å²) in [7, 11) is 1.59. The van der Waals surface area contributed by atoms with Gasteiger partial charge in [-0.2, -0.15) is 4.98 Å². The predicted molar refractivity (Wildman–Crippen MR) is 71.8 cm³/mol. The summed E-state index contributed by atoms with van der Waals surface area (Å²) in [5.41, 5.74) is 7.40. The van der Waals surface area contributed by atoms with Crippen molar-refractivity contribution in [3.63, 3.8) is 0 Å². The highest BCUT2D eigenvalue weighted by Crippen LogP contribution is 2.22. The van der Waals surface area contributed by atoms with Crippen LogP contribution < -0.4 is 10.5 Å². The van der Waals surface area contributed by atoms with Crippen LogP contribution in [0.1, 0.15) is 17.8 Å². The van der Waals surface area contributed by atoms with Crippen LogP contribution in [0.15, 0.2) is 11.4 Å². The predicted octanol–water partition coefficient (Wildman–Crippen LogP) is 1.81. The minimum absolute atomic E-state index is 0.0159. The van der Waals surface area contributed by atoms with Gasteiger partial charge in [0.1, 0.15) is 11.5 Å². The maximum atomic E-state index is 5.77. The molecule has 0 aromatic carbocycles. The molecule has 18 heavy (non-hydrogen) atoms. The number of hydrogen-bond donors (Lipinski definition) is 1. The Balaban J connectivity index is 2.40. The van der Waals surface area contributed by atoms with Crippen LogP contribution in [0.25, 0.3) is 11.4 Å². The fourth-order valence-corrected chi connectivity index (χ4v) is 2.18. The summed E-state index contributed by atoms with van der Waals surface area (Å²) in [6.07, 6.45) is 0.618. The Morgan fingerprint density at radius 1 is 1.33 bits per heavy atom. The van der Waals surface area contributed by atoms with Gasteiger partial charge in [0.2, 0.25) is 5.88 Å². The zero-order valence-electron chi connectivity index (χ0n) is 10.7. The summed E-state index contributed by atoms with van der Waals surface area (Å²) in [5.74, 6) is 1.23. The second-order valence-electron chi connectivity index (χ2n) is 4.14. The Bertz CT molecular complexity index is 539. The summed E-state index contributed by atoms with van der Waals surface area (Å²) in [5, 5.41) is 2.99. The molecule has 0 amide bonds. The first-order valence-electron chi connectivity index (χ1n) is 5.68. The lowest BCUT2D eigenvalue weighted by Gasteiger charge is -2.07. The zero-order chi connectivity index (χ0) is 13.1. The second kappa shape index (κ2) is 5.41.